The second-order valence-electron chi connectivity index (χ2n) is 2.61. The van der Waals surface area contributed by atoms with E-state index in [1.807, 2.05) is 0 Å². The average Bonchev–Trinajstić information content (AvgIpc) is 2.76. The van der Waals surface area contributed by atoms with Crippen LogP contribution in [0.3, 0.4) is 0 Å². The summed E-state index contributed by atoms with van der Waals surface area (Å²) in [4.78, 5) is 18.1. The molecule has 0 unspecified atom stereocenters. The molecule has 0 radical (unpaired) electrons. The average molecular weight is 226 g/mol. The van der Waals surface area contributed by atoms with Gasteiger partial charge in [0.25, 0.3) is 5.19 Å². The smallest absolute Gasteiger partial charge is 0.355 e. The van der Waals surface area contributed by atoms with Crippen LogP contribution in [0.2, 0.25) is 0 Å². The van der Waals surface area contributed by atoms with Crippen molar-refractivity contribution >= 4 is 17.3 Å². The Bertz CT molecular complexity index is 492. The van der Waals surface area contributed by atoms with Crippen LogP contribution in [0.1, 0.15) is 10.5 Å². The van der Waals surface area contributed by atoms with Gasteiger partial charge < -0.3 is 9.84 Å². The number of thiazole rings is 1. The number of hydrogen-bond donors (Lipinski definition) is 1. The van der Waals surface area contributed by atoms with Crippen molar-refractivity contribution in [3.8, 4) is 11.2 Å². The molecule has 2 heterocycles. The fourth-order valence-corrected chi connectivity index (χ4v) is 1.49. The van der Waals surface area contributed by atoms with Crippen LogP contribution < -0.4 is 4.74 Å². The quantitative estimate of drug-likeness (QED) is 0.830. The summed E-state index contributed by atoms with van der Waals surface area (Å²) in [6.07, 6.45) is 1.47. The lowest BCUT2D eigenvalue weighted by molar-refractivity contribution is 0.0690. The topological polar surface area (TPSA) is 90.1 Å². The van der Waals surface area contributed by atoms with Gasteiger partial charge in [-0.25, -0.2) is 4.79 Å². The van der Waals surface area contributed by atoms with Gasteiger partial charge in [-0.1, -0.05) is 11.3 Å². The monoisotopic (exact) mass is 226 g/mol. The molecule has 0 aliphatic heterocycles. The SMILES string of the molecule is Cn1cnc(Oc2nc(C(=O)O)cs2)n1. The van der Waals surface area contributed by atoms with E-state index >= 15 is 0 Å². The number of ether oxygens (including phenoxy) is 1. The first-order chi connectivity index (χ1) is 7.15. The molecule has 0 amide bonds. The molecule has 1 N–H and O–H groups in total. The van der Waals surface area contributed by atoms with Crippen molar-refractivity contribution in [2.45, 2.75) is 0 Å². The van der Waals surface area contributed by atoms with Gasteiger partial charge in [0.2, 0.25) is 0 Å². The van der Waals surface area contributed by atoms with E-state index in [9.17, 15) is 4.79 Å². The standard InChI is InChI=1S/C7H6N4O3S/c1-11-3-8-6(10-11)14-7-9-4(2-15-7)5(12)13/h2-3H,1H3,(H,12,13). The molecule has 8 heteroatoms. The fourth-order valence-electron chi connectivity index (χ4n) is 0.847. The van der Waals surface area contributed by atoms with E-state index in [0.29, 0.717) is 0 Å². The van der Waals surface area contributed by atoms with Crippen LogP contribution in [0.15, 0.2) is 11.7 Å². The first kappa shape index (κ1) is 9.59. The minimum atomic E-state index is -1.09. The molecule has 0 saturated carbocycles. The molecule has 78 valence electrons. The van der Waals surface area contributed by atoms with Gasteiger partial charge in [-0.2, -0.15) is 9.97 Å². The summed E-state index contributed by atoms with van der Waals surface area (Å²) in [5, 5.41) is 14.1. The van der Waals surface area contributed by atoms with E-state index in [4.69, 9.17) is 9.84 Å². The molecule has 0 saturated heterocycles. The Morgan fingerprint density at radius 3 is 3.00 bits per heavy atom. The van der Waals surface area contributed by atoms with Gasteiger partial charge >= 0.3 is 12.0 Å². The van der Waals surface area contributed by atoms with Crippen molar-refractivity contribution in [2.24, 2.45) is 7.05 Å². The lowest BCUT2D eigenvalue weighted by Gasteiger charge is -1.92. The zero-order valence-corrected chi connectivity index (χ0v) is 8.43. The van der Waals surface area contributed by atoms with Crippen molar-refractivity contribution in [3.05, 3.63) is 17.4 Å². The number of nitrogens with zero attached hydrogens (tertiary/aromatic N) is 4. The van der Waals surface area contributed by atoms with Crippen LogP contribution in [0, 0.1) is 0 Å². The zero-order valence-electron chi connectivity index (χ0n) is 7.62. The van der Waals surface area contributed by atoms with E-state index < -0.39 is 5.97 Å². The number of carbonyl (C=O) groups is 1. The Morgan fingerprint density at radius 1 is 1.67 bits per heavy atom. The van der Waals surface area contributed by atoms with Crippen molar-refractivity contribution in [1.29, 1.82) is 0 Å². The Labute approximate surface area is 88.0 Å². The second kappa shape index (κ2) is 3.65. The Hall–Kier alpha value is -1.96. The minimum absolute atomic E-state index is 0.0501. The summed E-state index contributed by atoms with van der Waals surface area (Å²) >= 11 is 1.08. The van der Waals surface area contributed by atoms with E-state index in [1.165, 1.54) is 16.4 Å². The van der Waals surface area contributed by atoms with Crippen LogP contribution in [0.4, 0.5) is 0 Å². The van der Waals surface area contributed by atoms with Gasteiger partial charge in [0.05, 0.1) is 0 Å². The molecule has 0 aliphatic carbocycles. The highest BCUT2D eigenvalue weighted by Gasteiger charge is 2.11. The summed E-state index contributed by atoms with van der Waals surface area (Å²) in [6.45, 7) is 0. The summed E-state index contributed by atoms with van der Waals surface area (Å²) in [5.74, 6) is -1.09. The first-order valence-corrected chi connectivity index (χ1v) is 4.75. The summed E-state index contributed by atoms with van der Waals surface area (Å²) in [6, 6.07) is 0.142. The van der Waals surface area contributed by atoms with Gasteiger partial charge in [-0.3, -0.25) is 4.68 Å². The first-order valence-electron chi connectivity index (χ1n) is 3.87. The highest BCUT2D eigenvalue weighted by molar-refractivity contribution is 7.11. The number of rotatable bonds is 3. The van der Waals surface area contributed by atoms with Crippen molar-refractivity contribution in [3.63, 3.8) is 0 Å². The molecule has 2 rings (SSSR count). The molecule has 2 aromatic heterocycles. The highest BCUT2D eigenvalue weighted by Crippen LogP contribution is 2.22. The Morgan fingerprint density at radius 2 is 2.47 bits per heavy atom. The summed E-state index contributed by atoms with van der Waals surface area (Å²) in [7, 11) is 1.70. The fraction of sp³-hybridized carbons (Fsp3) is 0.143. The number of aromatic nitrogens is 4. The molecular weight excluding hydrogens is 220 g/mol. The van der Waals surface area contributed by atoms with Crippen molar-refractivity contribution in [2.75, 3.05) is 0 Å². The number of carboxylic acids is 1. The number of aryl methyl sites for hydroxylation is 1. The molecule has 15 heavy (non-hydrogen) atoms. The number of carboxylic acid groups (broad SMARTS) is 1. The predicted octanol–water partition coefficient (Wildman–Crippen LogP) is 0.762. The maximum atomic E-state index is 10.5. The third-order valence-electron chi connectivity index (χ3n) is 1.46. The lowest BCUT2D eigenvalue weighted by Crippen LogP contribution is -1.96. The zero-order chi connectivity index (χ0) is 10.8. The van der Waals surface area contributed by atoms with E-state index in [0.717, 1.165) is 11.3 Å². The van der Waals surface area contributed by atoms with Gasteiger partial charge in [0.15, 0.2) is 5.69 Å². The molecule has 0 fully saturated rings. The van der Waals surface area contributed by atoms with Crippen molar-refractivity contribution < 1.29 is 14.6 Å². The highest BCUT2D eigenvalue weighted by atomic mass is 32.1. The van der Waals surface area contributed by atoms with E-state index in [1.54, 1.807) is 7.05 Å². The van der Waals surface area contributed by atoms with Crippen LogP contribution >= 0.6 is 11.3 Å². The number of aromatic carboxylic acids is 1. The van der Waals surface area contributed by atoms with Gasteiger partial charge in [0, 0.05) is 12.4 Å². The Kier molecular flexibility index (Phi) is 2.34. The maximum absolute atomic E-state index is 10.5. The molecule has 0 spiro atoms. The maximum Gasteiger partial charge on any atom is 0.355 e. The molecule has 0 bridgehead atoms. The third kappa shape index (κ3) is 2.10. The van der Waals surface area contributed by atoms with E-state index in [-0.39, 0.29) is 16.9 Å². The van der Waals surface area contributed by atoms with Crippen LogP contribution in [0.5, 0.6) is 11.2 Å². The minimum Gasteiger partial charge on any atom is -0.476 e. The van der Waals surface area contributed by atoms with Gasteiger partial charge in [-0.05, 0) is 0 Å². The Balaban J connectivity index is 2.14. The molecule has 0 aromatic carbocycles. The van der Waals surface area contributed by atoms with Gasteiger partial charge in [0.1, 0.15) is 6.33 Å². The third-order valence-corrected chi connectivity index (χ3v) is 2.18. The molecule has 7 nitrogen and oxygen atoms in total. The lowest BCUT2D eigenvalue weighted by atomic mass is 10.5. The second-order valence-corrected chi connectivity index (χ2v) is 3.43. The van der Waals surface area contributed by atoms with Crippen LogP contribution in [-0.4, -0.2) is 30.8 Å². The summed E-state index contributed by atoms with van der Waals surface area (Å²) in [5.41, 5.74) is -0.0501. The molecule has 2 aromatic rings. The number of hydrogen-bond acceptors (Lipinski definition) is 6. The predicted molar refractivity (Wildman–Crippen MR) is 50.2 cm³/mol. The van der Waals surface area contributed by atoms with Crippen molar-refractivity contribution in [1.82, 2.24) is 19.7 Å². The largest absolute Gasteiger partial charge is 0.476 e. The molecule has 0 aliphatic rings. The van der Waals surface area contributed by atoms with Crippen LogP contribution in [-0.2, 0) is 7.05 Å². The normalized spacial score (nSPS) is 10.2. The molecular formula is C7H6N4O3S. The van der Waals surface area contributed by atoms with E-state index in [2.05, 4.69) is 15.1 Å². The van der Waals surface area contributed by atoms with Gasteiger partial charge in [-0.15, -0.1) is 5.10 Å². The molecule has 0 atom stereocenters. The summed E-state index contributed by atoms with van der Waals surface area (Å²) < 4.78 is 6.60. The van der Waals surface area contributed by atoms with Crippen LogP contribution in [0.25, 0.3) is 0 Å².